The van der Waals surface area contributed by atoms with Crippen LogP contribution in [0.25, 0.3) is 0 Å². The van der Waals surface area contributed by atoms with Gasteiger partial charge in [-0.15, -0.1) is 0 Å². The Morgan fingerprint density at radius 2 is 1.85 bits per heavy atom. The van der Waals surface area contributed by atoms with E-state index >= 15 is 0 Å². The van der Waals surface area contributed by atoms with E-state index < -0.39 is 4.92 Å². The smallest absolute Gasteiger partial charge is 0.269 e. The number of rotatable bonds is 2. The third-order valence-electron chi connectivity index (χ3n) is 3.18. The number of nitrogens with zero attached hydrogens (tertiary/aromatic N) is 2. The molecule has 2 aromatic carbocycles. The summed E-state index contributed by atoms with van der Waals surface area (Å²) in [6.45, 7) is 0. The normalized spacial score (nSPS) is 16.8. The molecule has 1 atom stereocenters. The lowest BCUT2D eigenvalue weighted by Crippen LogP contribution is -2.25. The first-order chi connectivity index (χ1) is 9.65. The minimum Gasteiger partial charge on any atom is -0.383 e. The van der Waals surface area contributed by atoms with Crippen LogP contribution in [0.15, 0.2) is 53.5 Å². The van der Waals surface area contributed by atoms with Crippen molar-refractivity contribution in [2.45, 2.75) is 6.17 Å². The highest BCUT2D eigenvalue weighted by molar-refractivity contribution is 6.03. The van der Waals surface area contributed by atoms with Crippen molar-refractivity contribution in [1.29, 1.82) is 0 Å². The molecule has 1 aliphatic heterocycles. The Morgan fingerprint density at radius 1 is 1.15 bits per heavy atom. The van der Waals surface area contributed by atoms with Crippen LogP contribution in [0.1, 0.15) is 17.3 Å². The maximum atomic E-state index is 10.6. The lowest BCUT2D eigenvalue weighted by molar-refractivity contribution is -0.384. The molecule has 0 spiro atoms. The number of amidine groups is 1. The highest BCUT2D eigenvalue weighted by Crippen LogP contribution is 2.29. The number of fused-ring (bicyclic) bond motifs is 1. The van der Waals surface area contributed by atoms with Gasteiger partial charge in [-0.25, -0.2) is 4.99 Å². The Bertz CT molecular complexity index is 695. The highest BCUT2D eigenvalue weighted by atomic mass is 16.6. The number of para-hydroxylation sites is 1. The van der Waals surface area contributed by atoms with Gasteiger partial charge < -0.3 is 11.1 Å². The molecule has 0 saturated heterocycles. The van der Waals surface area contributed by atoms with Gasteiger partial charge in [-0.1, -0.05) is 12.1 Å². The number of aliphatic imine (C=N–C) groups is 1. The number of hydrogen-bond acceptors (Lipinski definition) is 5. The molecule has 6 nitrogen and oxygen atoms in total. The maximum absolute atomic E-state index is 10.6. The molecule has 3 N–H and O–H groups in total. The first-order valence-corrected chi connectivity index (χ1v) is 6.09. The van der Waals surface area contributed by atoms with Crippen LogP contribution in [-0.4, -0.2) is 10.8 Å². The molecule has 0 bridgehead atoms. The van der Waals surface area contributed by atoms with E-state index in [4.69, 9.17) is 5.73 Å². The zero-order valence-electron chi connectivity index (χ0n) is 10.5. The predicted octanol–water partition coefficient (Wildman–Crippen LogP) is 2.42. The summed E-state index contributed by atoms with van der Waals surface area (Å²) in [5.41, 5.74) is 8.61. The van der Waals surface area contributed by atoms with Gasteiger partial charge in [0.1, 0.15) is 12.0 Å². The van der Waals surface area contributed by atoms with Crippen molar-refractivity contribution in [2.75, 3.05) is 5.32 Å². The minimum atomic E-state index is -0.426. The minimum absolute atomic E-state index is 0.0573. The fourth-order valence-electron chi connectivity index (χ4n) is 2.16. The summed E-state index contributed by atoms with van der Waals surface area (Å²) in [7, 11) is 0. The number of nitro groups is 1. The Kier molecular flexibility index (Phi) is 2.83. The van der Waals surface area contributed by atoms with Gasteiger partial charge in [0.25, 0.3) is 5.69 Å². The number of nitrogens with one attached hydrogen (secondary N) is 1. The van der Waals surface area contributed by atoms with E-state index in [1.54, 1.807) is 12.1 Å². The molecule has 6 heteroatoms. The van der Waals surface area contributed by atoms with Gasteiger partial charge in [-0.2, -0.15) is 0 Å². The first kappa shape index (κ1) is 12.2. The summed E-state index contributed by atoms with van der Waals surface area (Å²) in [4.78, 5) is 14.6. The van der Waals surface area contributed by atoms with Crippen LogP contribution in [0.4, 0.5) is 11.4 Å². The zero-order valence-corrected chi connectivity index (χ0v) is 10.5. The molecule has 3 rings (SSSR count). The summed E-state index contributed by atoms with van der Waals surface area (Å²) in [5.74, 6) is 0.461. The van der Waals surface area contributed by atoms with Crippen molar-refractivity contribution in [3.05, 3.63) is 69.8 Å². The molecular formula is C14H12N4O2. The number of nitro benzene ring substituents is 1. The molecule has 100 valence electrons. The molecule has 1 aliphatic rings. The van der Waals surface area contributed by atoms with Crippen LogP contribution < -0.4 is 11.1 Å². The molecule has 0 fully saturated rings. The molecule has 20 heavy (non-hydrogen) atoms. The van der Waals surface area contributed by atoms with Gasteiger partial charge in [0, 0.05) is 23.4 Å². The SMILES string of the molecule is NC1=NC(c2ccc([N+](=O)[O-])cc2)Nc2ccccc21. The Balaban J connectivity index is 1.93. The second-order valence-corrected chi connectivity index (χ2v) is 4.46. The topological polar surface area (TPSA) is 93.5 Å². The van der Waals surface area contributed by atoms with Crippen molar-refractivity contribution in [3.8, 4) is 0 Å². The zero-order chi connectivity index (χ0) is 14.1. The van der Waals surface area contributed by atoms with E-state index in [1.165, 1.54) is 12.1 Å². The van der Waals surface area contributed by atoms with Gasteiger partial charge in [0.2, 0.25) is 0 Å². The van der Waals surface area contributed by atoms with Gasteiger partial charge in [0.05, 0.1) is 4.92 Å². The van der Waals surface area contributed by atoms with E-state index in [0.717, 1.165) is 16.8 Å². The highest BCUT2D eigenvalue weighted by Gasteiger charge is 2.19. The second kappa shape index (κ2) is 4.65. The van der Waals surface area contributed by atoms with E-state index in [-0.39, 0.29) is 11.9 Å². The number of anilines is 1. The molecule has 0 amide bonds. The first-order valence-electron chi connectivity index (χ1n) is 6.09. The monoisotopic (exact) mass is 268 g/mol. The molecular weight excluding hydrogens is 256 g/mol. The quantitative estimate of drug-likeness (QED) is 0.646. The predicted molar refractivity (Wildman–Crippen MR) is 76.6 cm³/mol. The van der Waals surface area contributed by atoms with Crippen molar-refractivity contribution < 1.29 is 4.92 Å². The third kappa shape index (κ3) is 2.07. The van der Waals surface area contributed by atoms with Gasteiger partial charge in [0.15, 0.2) is 0 Å². The molecule has 1 unspecified atom stereocenters. The molecule has 2 aromatic rings. The number of hydrogen-bond donors (Lipinski definition) is 2. The average Bonchev–Trinajstić information content (AvgIpc) is 2.47. The number of nitrogens with two attached hydrogens (primary N) is 1. The van der Waals surface area contributed by atoms with Crippen molar-refractivity contribution in [2.24, 2.45) is 10.7 Å². The molecule has 0 radical (unpaired) electrons. The van der Waals surface area contributed by atoms with E-state index in [1.807, 2.05) is 24.3 Å². The van der Waals surface area contributed by atoms with Crippen molar-refractivity contribution >= 4 is 17.2 Å². The number of benzene rings is 2. The second-order valence-electron chi connectivity index (χ2n) is 4.46. The molecule has 1 heterocycles. The molecule has 0 aromatic heterocycles. The Labute approximate surface area is 115 Å². The standard InChI is InChI=1S/C14H12N4O2/c15-13-11-3-1-2-4-12(11)16-14(17-13)9-5-7-10(8-6-9)18(19)20/h1-8,14,16H,(H2,15,17). The van der Waals surface area contributed by atoms with Crippen LogP contribution in [-0.2, 0) is 0 Å². The largest absolute Gasteiger partial charge is 0.383 e. The van der Waals surface area contributed by atoms with Crippen molar-refractivity contribution in [1.82, 2.24) is 0 Å². The summed E-state index contributed by atoms with van der Waals surface area (Å²) in [6.07, 6.45) is -0.328. The van der Waals surface area contributed by atoms with Crippen LogP contribution >= 0.6 is 0 Å². The average molecular weight is 268 g/mol. The van der Waals surface area contributed by atoms with Crippen LogP contribution in [0.5, 0.6) is 0 Å². The maximum Gasteiger partial charge on any atom is 0.269 e. The Hall–Kier alpha value is -2.89. The third-order valence-corrected chi connectivity index (χ3v) is 3.18. The van der Waals surface area contributed by atoms with Gasteiger partial charge >= 0.3 is 0 Å². The molecule has 0 saturated carbocycles. The fraction of sp³-hybridized carbons (Fsp3) is 0.0714. The van der Waals surface area contributed by atoms with Crippen LogP contribution in [0, 0.1) is 10.1 Å². The van der Waals surface area contributed by atoms with E-state index in [2.05, 4.69) is 10.3 Å². The molecule has 0 aliphatic carbocycles. The van der Waals surface area contributed by atoms with Crippen LogP contribution in [0.3, 0.4) is 0 Å². The fourth-order valence-corrected chi connectivity index (χ4v) is 2.16. The van der Waals surface area contributed by atoms with Crippen LogP contribution in [0.2, 0.25) is 0 Å². The van der Waals surface area contributed by atoms with E-state index in [9.17, 15) is 10.1 Å². The van der Waals surface area contributed by atoms with E-state index in [0.29, 0.717) is 5.84 Å². The van der Waals surface area contributed by atoms with Crippen molar-refractivity contribution in [3.63, 3.8) is 0 Å². The lowest BCUT2D eigenvalue weighted by atomic mass is 10.1. The summed E-state index contributed by atoms with van der Waals surface area (Å²) in [6, 6.07) is 13.9. The lowest BCUT2D eigenvalue weighted by Gasteiger charge is -2.24. The summed E-state index contributed by atoms with van der Waals surface area (Å²) in [5, 5.41) is 13.9. The summed E-state index contributed by atoms with van der Waals surface area (Å²) >= 11 is 0. The number of non-ortho nitro benzene ring substituents is 1. The Morgan fingerprint density at radius 3 is 2.55 bits per heavy atom. The van der Waals surface area contributed by atoms with Gasteiger partial charge in [-0.3, -0.25) is 10.1 Å². The summed E-state index contributed by atoms with van der Waals surface area (Å²) < 4.78 is 0. The van der Waals surface area contributed by atoms with Gasteiger partial charge in [-0.05, 0) is 29.8 Å².